The number of nitrogens with zero attached hydrogens (tertiary/aromatic N) is 4. The molecule has 1 saturated heterocycles. The molecule has 0 amide bonds. The van der Waals surface area contributed by atoms with Gasteiger partial charge in [-0.15, -0.1) is 0 Å². The largest absolute Gasteiger partial charge is 0.508 e. The minimum Gasteiger partial charge on any atom is -0.430 e. The van der Waals surface area contributed by atoms with Crippen molar-refractivity contribution in [3.8, 4) is 11.8 Å². The Labute approximate surface area is 202 Å². The van der Waals surface area contributed by atoms with E-state index in [0.717, 1.165) is 11.9 Å². The number of alkyl halides is 6. The molecule has 9 nitrogen and oxygen atoms in total. The minimum absolute atomic E-state index is 0.342. The minimum atomic E-state index is -6.24. The first-order valence-electron chi connectivity index (χ1n) is 8.94. The molecule has 0 spiro atoms. The number of carbonyl (C=O) groups excluding carboxylic acids is 1. The normalized spacial score (nSPS) is 16.6. The van der Waals surface area contributed by atoms with Gasteiger partial charge in [0.05, 0.1) is 22.2 Å². The lowest BCUT2D eigenvalue weighted by Crippen LogP contribution is -2.34. The molecular formula is C17H10Cl2F6N4O5S. The Bertz CT molecular complexity index is 1310. The lowest BCUT2D eigenvalue weighted by atomic mass is 10.2. The molecule has 35 heavy (non-hydrogen) atoms. The predicted molar refractivity (Wildman–Crippen MR) is 106 cm³/mol. The third kappa shape index (κ3) is 4.93. The molecule has 3 rings (SSSR count). The van der Waals surface area contributed by atoms with Gasteiger partial charge in [-0.2, -0.15) is 36.7 Å². The van der Waals surface area contributed by atoms with Gasteiger partial charge in [0.25, 0.3) is 9.84 Å². The first-order chi connectivity index (χ1) is 16.0. The number of likely N-dealkylation sites (N-methyl/N-ethyl adjacent to an activating group) is 1. The Morgan fingerprint density at radius 2 is 1.80 bits per heavy atom. The molecule has 190 valence electrons. The second-order valence-corrected chi connectivity index (χ2v) is 9.63. The number of ether oxygens (including phenoxy) is 2. The van der Waals surface area contributed by atoms with Gasteiger partial charge in [0.2, 0.25) is 0 Å². The Hall–Kier alpha value is -2.90. The van der Waals surface area contributed by atoms with Gasteiger partial charge >= 0.3 is 17.8 Å². The van der Waals surface area contributed by atoms with Crippen LogP contribution in [-0.2, 0) is 25.5 Å². The highest BCUT2D eigenvalue weighted by Gasteiger charge is 2.52. The molecule has 0 aliphatic carbocycles. The van der Waals surface area contributed by atoms with Gasteiger partial charge in [0, 0.05) is 7.05 Å². The van der Waals surface area contributed by atoms with Crippen LogP contribution >= 0.6 is 23.2 Å². The molecular weight excluding hydrogens is 557 g/mol. The van der Waals surface area contributed by atoms with Crippen LogP contribution in [0.25, 0.3) is 5.69 Å². The number of hydrogen-bond donors (Lipinski definition) is 0. The van der Waals surface area contributed by atoms with Crippen LogP contribution in [0.1, 0.15) is 11.3 Å². The van der Waals surface area contributed by atoms with Gasteiger partial charge in [0.15, 0.2) is 22.5 Å². The molecule has 2 aromatic rings. The average Bonchev–Trinajstić information content (AvgIpc) is 3.29. The van der Waals surface area contributed by atoms with Crippen molar-refractivity contribution in [1.82, 2.24) is 9.78 Å². The number of cyclic esters (lactones) is 2. The number of aromatic nitrogens is 2. The summed E-state index contributed by atoms with van der Waals surface area (Å²) in [5, 5.41) is 11.4. The van der Waals surface area contributed by atoms with Crippen molar-refractivity contribution in [2.24, 2.45) is 0 Å². The van der Waals surface area contributed by atoms with E-state index in [2.05, 4.69) is 9.84 Å². The van der Waals surface area contributed by atoms with Crippen LogP contribution < -0.4 is 4.90 Å². The fraction of sp³-hybridized carbons (Fsp3) is 0.353. The van der Waals surface area contributed by atoms with E-state index in [4.69, 9.17) is 27.9 Å². The number of anilines is 1. The number of nitriles is 1. The Morgan fingerprint density at radius 1 is 1.23 bits per heavy atom. The molecule has 1 fully saturated rings. The first-order valence-corrected chi connectivity index (χ1v) is 11.2. The molecule has 1 unspecified atom stereocenters. The number of hydrogen-bond acceptors (Lipinski definition) is 8. The lowest BCUT2D eigenvalue weighted by Gasteiger charge is -2.24. The Morgan fingerprint density at radius 3 is 2.23 bits per heavy atom. The quantitative estimate of drug-likeness (QED) is 0.388. The highest BCUT2D eigenvalue weighted by atomic mass is 35.5. The van der Waals surface area contributed by atoms with Crippen molar-refractivity contribution in [1.29, 1.82) is 5.26 Å². The van der Waals surface area contributed by atoms with Gasteiger partial charge in [-0.1, -0.05) is 23.2 Å². The molecule has 2 heterocycles. The first kappa shape index (κ1) is 26.7. The maximum absolute atomic E-state index is 13.5. The van der Waals surface area contributed by atoms with Crippen molar-refractivity contribution in [2.75, 3.05) is 25.1 Å². The summed E-state index contributed by atoms with van der Waals surface area (Å²) >= 11 is 11.9. The third-order valence-corrected chi connectivity index (χ3v) is 6.64. The molecule has 1 atom stereocenters. The van der Waals surface area contributed by atoms with E-state index in [9.17, 15) is 44.8 Å². The molecule has 1 aliphatic heterocycles. The van der Waals surface area contributed by atoms with Crippen molar-refractivity contribution in [2.45, 2.75) is 22.7 Å². The zero-order valence-corrected chi connectivity index (χ0v) is 19.2. The van der Waals surface area contributed by atoms with Crippen LogP contribution in [0.4, 0.5) is 37.0 Å². The molecule has 0 saturated carbocycles. The van der Waals surface area contributed by atoms with Crippen LogP contribution in [0.3, 0.4) is 0 Å². The summed E-state index contributed by atoms with van der Waals surface area (Å²) in [6, 6.07) is 2.01. The number of halogens is 8. The molecule has 1 aromatic carbocycles. The van der Waals surface area contributed by atoms with Crippen LogP contribution in [-0.4, -0.2) is 56.2 Å². The van der Waals surface area contributed by atoms with E-state index in [-0.39, 0.29) is 6.61 Å². The zero-order valence-electron chi connectivity index (χ0n) is 16.9. The molecule has 0 radical (unpaired) electrons. The van der Waals surface area contributed by atoms with Crippen molar-refractivity contribution >= 4 is 45.0 Å². The Kier molecular flexibility index (Phi) is 6.83. The van der Waals surface area contributed by atoms with Crippen LogP contribution in [0.2, 0.25) is 10.0 Å². The molecule has 0 bridgehead atoms. The van der Waals surface area contributed by atoms with Gasteiger partial charge in [-0.3, -0.25) is 0 Å². The van der Waals surface area contributed by atoms with Crippen molar-refractivity contribution in [3.63, 3.8) is 0 Å². The average molecular weight is 567 g/mol. The number of carbonyl (C=O) groups is 1. The molecule has 18 heteroatoms. The summed E-state index contributed by atoms with van der Waals surface area (Å²) in [6.45, 7) is -0.815. The monoisotopic (exact) mass is 566 g/mol. The highest BCUT2D eigenvalue weighted by Crippen LogP contribution is 2.43. The van der Waals surface area contributed by atoms with E-state index in [1.54, 1.807) is 0 Å². The molecule has 0 N–H and O–H groups in total. The van der Waals surface area contributed by atoms with Gasteiger partial charge in [0.1, 0.15) is 18.4 Å². The fourth-order valence-corrected chi connectivity index (χ4v) is 4.80. The van der Waals surface area contributed by atoms with Gasteiger partial charge in [-0.25, -0.2) is 17.9 Å². The Balaban J connectivity index is 2.32. The standard InChI is InChI=1S/C17H10Cl2F6N4O5S/c1-28(5-8-6-33-15(30)34-8)14-13(35(31,32)17(23,24)25)11(4-26)27-29(14)12-9(18)2-7(3-10(12)19)16(20,21)22/h2-3,8H,5-6H2,1H3. The molecule has 1 aliphatic rings. The SMILES string of the molecule is CN(CC1COC(=O)O1)c1c(S(=O)(=O)C(F)(F)F)c(C#N)nn1-c1c(Cl)cc(C(F)(F)F)cc1Cl. The molecule has 1 aromatic heterocycles. The van der Waals surface area contributed by atoms with E-state index in [1.165, 1.54) is 6.07 Å². The van der Waals surface area contributed by atoms with Gasteiger partial charge in [-0.05, 0) is 12.1 Å². The summed E-state index contributed by atoms with van der Waals surface area (Å²) in [7, 11) is -5.18. The predicted octanol–water partition coefficient (Wildman–Crippen LogP) is 4.33. The second-order valence-electron chi connectivity index (χ2n) is 6.94. The smallest absolute Gasteiger partial charge is 0.430 e. The van der Waals surface area contributed by atoms with E-state index < -0.39 is 78.0 Å². The third-order valence-electron chi connectivity index (χ3n) is 4.54. The number of rotatable bonds is 5. The fourth-order valence-electron chi connectivity index (χ4n) is 3.10. The van der Waals surface area contributed by atoms with Crippen molar-refractivity contribution < 1.29 is 49.0 Å². The second kappa shape index (κ2) is 8.95. The maximum atomic E-state index is 13.5. The van der Waals surface area contributed by atoms with E-state index >= 15 is 0 Å². The lowest BCUT2D eigenvalue weighted by molar-refractivity contribution is -0.137. The zero-order chi connectivity index (χ0) is 26.5. The van der Waals surface area contributed by atoms with Crippen molar-refractivity contribution in [3.05, 3.63) is 33.4 Å². The maximum Gasteiger partial charge on any atom is 0.508 e. The van der Waals surface area contributed by atoms with Crippen LogP contribution in [0, 0.1) is 11.3 Å². The summed E-state index contributed by atoms with van der Waals surface area (Å²) in [4.78, 5) is 10.4. The number of benzene rings is 1. The summed E-state index contributed by atoms with van der Waals surface area (Å²) in [5.74, 6) is -0.926. The summed E-state index contributed by atoms with van der Waals surface area (Å²) in [5.41, 5.74) is -9.07. The summed E-state index contributed by atoms with van der Waals surface area (Å²) < 4.78 is 114. The van der Waals surface area contributed by atoms with E-state index in [1.807, 2.05) is 0 Å². The summed E-state index contributed by atoms with van der Waals surface area (Å²) in [6.07, 6.45) is -7.07. The highest BCUT2D eigenvalue weighted by molar-refractivity contribution is 7.92. The van der Waals surface area contributed by atoms with Crippen LogP contribution in [0.15, 0.2) is 17.0 Å². The topological polar surface area (TPSA) is 115 Å². The van der Waals surface area contributed by atoms with E-state index in [0.29, 0.717) is 16.8 Å². The van der Waals surface area contributed by atoms with Gasteiger partial charge < -0.3 is 14.4 Å². The van der Waals surface area contributed by atoms with Crippen LogP contribution in [0.5, 0.6) is 0 Å². The number of sulfone groups is 1.